The fraction of sp³-hybridized carbons (Fsp3) is 0.231. The van der Waals surface area contributed by atoms with E-state index in [0.717, 1.165) is 22.4 Å². The highest BCUT2D eigenvalue weighted by atomic mass is 16.3. The second kappa shape index (κ2) is 8.75. The summed E-state index contributed by atoms with van der Waals surface area (Å²) in [5.74, 6) is 0.309. The maximum Gasteiger partial charge on any atom is 0.290 e. The van der Waals surface area contributed by atoms with E-state index in [1.54, 1.807) is 23.3 Å². The van der Waals surface area contributed by atoms with Gasteiger partial charge in [0.25, 0.3) is 5.91 Å². The van der Waals surface area contributed by atoms with Crippen LogP contribution in [0.4, 0.5) is 5.69 Å². The number of benzene rings is 2. The predicted octanol–water partition coefficient (Wildman–Crippen LogP) is 4.91. The number of hydrogen-bond donors (Lipinski definition) is 0. The lowest BCUT2D eigenvalue weighted by Crippen LogP contribution is -2.30. The van der Waals surface area contributed by atoms with Gasteiger partial charge in [-0.3, -0.25) is 9.59 Å². The zero-order valence-corrected chi connectivity index (χ0v) is 18.7. The quantitative estimate of drug-likeness (QED) is 0.435. The minimum Gasteiger partial charge on any atom is -0.467 e. The molecule has 1 amide bonds. The monoisotopic (exact) mass is 430 g/mol. The highest BCUT2D eigenvalue weighted by Crippen LogP contribution is 2.22. The van der Waals surface area contributed by atoms with Crippen molar-refractivity contribution in [2.45, 2.75) is 26.9 Å². The van der Waals surface area contributed by atoms with Crippen LogP contribution in [0.1, 0.15) is 33.0 Å². The summed E-state index contributed by atoms with van der Waals surface area (Å²) in [6.07, 6.45) is 1.58. The molecule has 0 bridgehead atoms. The molecule has 0 saturated carbocycles. The van der Waals surface area contributed by atoms with E-state index in [2.05, 4.69) is 0 Å². The van der Waals surface area contributed by atoms with Gasteiger partial charge >= 0.3 is 0 Å². The van der Waals surface area contributed by atoms with E-state index in [-0.39, 0.29) is 23.6 Å². The van der Waals surface area contributed by atoms with Gasteiger partial charge in [0.1, 0.15) is 11.3 Å². The zero-order valence-electron chi connectivity index (χ0n) is 18.7. The summed E-state index contributed by atoms with van der Waals surface area (Å²) >= 11 is 0. The summed E-state index contributed by atoms with van der Waals surface area (Å²) in [4.78, 5) is 29.8. The van der Waals surface area contributed by atoms with Crippen molar-refractivity contribution in [2.75, 3.05) is 19.0 Å². The average molecular weight is 431 g/mol. The van der Waals surface area contributed by atoms with Crippen molar-refractivity contribution in [3.63, 3.8) is 0 Å². The van der Waals surface area contributed by atoms with Gasteiger partial charge in [0, 0.05) is 32.4 Å². The van der Waals surface area contributed by atoms with Crippen LogP contribution in [0.5, 0.6) is 0 Å². The Balaban J connectivity index is 1.71. The van der Waals surface area contributed by atoms with Crippen molar-refractivity contribution < 1.29 is 13.6 Å². The van der Waals surface area contributed by atoms with Gasteiger partial charge in [-0.05, 0) is 60.9 Å². The molecule has 6 nitrogen and oxygen atoms in total. The molecule has 0 radical (unpaired) electrons. The van der Waals surface area contributed by atoms with E-state index < -0.39 is 0 Å². The molecule has 32 heavy (non-hydrogen) atoms. The van der Waals surface area contributed by atoms with Gasteiger partial charge in [-0.25, -0.2) is 0 Å². The average Bonchev–Trinajstić information content (AvgIpc) is 3.29. The summed E-state index contributed by atoms with van der Waals surface area (Å²) in [6, 6.07) is 16.5. The number of aryl methyl sites for hydroxylation is 2. The van der Waals surface area contributed by atoms with Crippen LogP contribution in [-0.4, -0.2) is 24.9 Å². The predicted molar refractivity (Wildman–Crippen MR) is 125 cm³/mol. The molecule has 0 atom stereocenters. The Labute approximate surface area is 186 Å². The minimum atomic E-state index is -0.363. The standard InChI is InChI=1S/C26H26N2O4/c1-17-7-12-22-23(29)14-24(32-25(22)18(17)2)26(30)28(16-21-6-5-13-31-21)15-19-8-10-20(11-9-19)27(3)4/h5-14H,15-16H2,1-4H3. The van der Waals surface area contributed by atoms with E-state index in [9.17, 15) is 9.59 Å². The lowest BCUT2D eigenvalue weighted by molar-refractivity contribution is 0.0686. The van der Waals surface area contributed by atoms with Crippen LogP contribution >= 0.6 is 0 Å². The second-order valence-corrected chi connectivity index (χ2v) is 8.16. The van der Waals surface area contributed by atoms with Crippen LogP contribution < -0.4 is 10.3 Å². The van der Waals surface area contributed by atoms with Crippen molar-refractivity contribution in [2.24, 2.45) is 0 Å². The third-order valence-electron chi connectivity index (χ3n) is 5.67. The summed E-state index contributed by atoms with van der Waals surface area (Å²) in [7, 11) is 3.96. The zero-order chi connectivity index (χ0) is 22.8. The molecule has 0 spiro atoms. The Morgan fingerprint density at radius 2 is 1.72 bits per heavy atom. The molecule has 0 aliphatic heterocycles. The molecule has 0 unspecified atom stereocenters. The number of carbonyl (C=O) groups is 1. The number of rotatable bonds is 6. The molecule has 0 saturated heterocycles. The van der Waals surface area contributed by atoms with Crippen LogP contribution in [0, 0.1) is 13.8 Å². The summed E-state index contributed by atoms with van der Waals surface area (Å²) < 4.78 is 11.5. The fourth-order valence-electron chi connectivity index (χ4n) is 3.62. The van der Waals surface area contributed by atoms with Crippen molar-refractivity contribution in [3.8, 4) is 0 Å². The molecule has 0 fully saturated rings. The molecule has 0 aliphatic carbocycles. The highest BCUT2D eigenvalue weighted by Gasteiger charge is 2.22. The van der Waals surface area contributed by atoms with E-state index in [1.807, 2.05) is 69.2 Å². The largest absolute Gasteiger partial charge is 0.467 e. The molecule has 0 aliphatic rings. The fourth-order valence-corrected chi connectivity index (χ4v) is 3.62. The molecule has 0 N–H and O–H groups in total. The molecule has 2 heterocycles. The van der Waals surface area contributed by atoms with Gasteiger partial charge < -0.3 is 18.6 Å². The molecule has 6 heteroatoms. The first-order valence-corrected chi connectivity index (χ1v) is 10.5. The number of carbonyl (C=O) groups excluding carboxylic acids is 1. The van der Waals surface area contributed by atoms with E-state index >= 15 is 0 Å². The molecular formula is C26H26N2O4. The topological polar surface area (TPSA) is 66.9 Å². The number of fused-ring (bicyclic) bond motifs is 1. The maximum atomic E-state index is 13.5. The summed E-state index contributed by atoms with van der Waals surface area (Å²) in [5.41, 5.74) is 4.11. The summed E-state index contributed by atoms with van der Waals surface area (Å²) in [6.45, 7) is 4.45. The van der Waals surface area contributed by atoms with Crippen LogP contribution in [0.25, 0.3) is 11.0 Å². The van der Waals surface area contributed by atoms with Crippen molar-refractivity contribution in [1.29, 1.82) is 0 Å². The molecule has 2 aromatic carbocycles. The first-order chi connectivity index (χ1) is 15.3. The van der Waals surface area contributed by atoms with Crippen molar-refractivity contribution in [3.05, 3.63) is 99.3 Å². The van der Waals surface area contributed by atoms with Gasteiger partial charge in [-0.2, -0.15) is 0 Å². The Morgan fingerprint density at radius 3 is 2.38 bits per heavy atom. The summed E-state index contributed by atoms with van der Waals surface area (Å²) in [5, 5.41) is 0.474. The van der Waals surface area contributed by atoms with Crippen LogP contribution in [0.3, 0.4) is 0 Å². The van der Waals surface area contributed by atoms with Gasteiger partial charge in [0.2, 0.25) is 0 Å². The normalized spacial score (nSPS) is 11.0. The Morgan fingerprint density at radius 1 is 0.969 bits per heavy atom. The van der Waals surface area contributed by atoms with Crippen LogP contribution in [-0.2, 0) is 13.1 Å². The molecule has 4 aromatic rings. The molecular weight excluding hydrogens is 404 g/mol. The first-order valence-electron chi connectivity index (χ1n) is 10.5. The Hall–Kier alpha value is -3.80. The minimum absolute atomic E-state index is 0.0210. The van der Waals surface area contributed by atoms with Gasteiger partial charge in [-0.15, -0.1) is 0 Å². The second-order valence-electron chi connectivity index (χ2n) is 8.16. The number of hydrogen-bond acceptors (Lipinski definition) is 5. The molecule has 164 valence electrons. The number of nitrogens with zero attached hydrogens (tertiary/aromatic N) is 2. The van der Waals surface area contributed by atoms with E-state index in [4.69, 9.17) is 8.83 Å². The molecule has 2 aromatic heterocycles. The Bertz CT molecular complexity index is 1300. The van der Waals surface area contributed by atoms with Crippen molar-refractivity contribution >= 4 is 22.6 Å². The SMILES string of the molecule is Cc1ccc2c(=O)cc(C(=O)N(Cc3ccc(N(C)C)cc3)Cc3ccco3)oc2c1C. The first kappa shape index (κ1) is 21.4. The lowest BCUT2D eigenvalue weighted by atomic mass is 10.1. The number of anilines is 1. The molecule has 4 rings (SSSR count). The van der Waals surface area contributed by atoms with Crippen molar-refractivity contribution in [1.82, 2.24) is 4.90 Å². The third kappa shape index (κ3) is 4.30. The lowest BCUT2D eigenvalue weighted by Gasteiger charge is -2.22. The van der Waals surface area contributed by atoms with Gasteiger partial charge in [0.05, 0.1) is 18.2 Å². The van der Waals surface area contributed by atoms with E-state index in [1.165, 1.54) is 6.07 Å². The number of amides is 1. The third-order valence-corrected chi connectivity index (χ3v) is 5.67. The maximum absolute atomic E-state index is 13.5. The Kier molecular flexibility index (Phi) is 5.86. The van der Waals surface area contributed by atoms with E-state index in [0.29, 0.717) is 23.3 Å². The smallest absolute Gasteiger partial charge is 0.290 e. The highest BCUT2D eigenvalue weighted by molar-refractivity contribution is 5.93. The van der Waals surface area contributed by atoms with Gasteiger partial charge in [-0.1, -0.05) is 18.2 Å². The van der Waals surface area contributed by atoms with Crippen LogP contribution in [0.15, 0.2) is 74.5 Å². The van der Waals surface area contributed by atoms with Gasteiger partial charge in [0.15, 0.2) is 11.2 Å². The number of furan rings is 1. The van der Waals surface area contributed by atoms with Crippen LogP contribution in [0.2, 0.25) is 0 Å².